The smallest absolute Gasteiger partial charge is 0.134 e. The van der Waals surface area contributed by atoms with Gasteiger partial charge < -0.3 is 11.1 Å². The molecule has 1 heterocycles. The summed E-state index contributed by atoms with van der Waals surface area (Å²) in [6, 6.07) is 0. The summed E-state index contributed by atoms with van der Waals surface area (Å²) in [5, 5.41) is 3.37. The van der Waals surface area contributed by atoms with E-state index in [-0.39, 0.29) is 0 Å². The quantitative estimate of drug-likeness (QED) is 0.792. The third-order valence-electron chi connectivity index (χ3n) is 3.08. The first-order valence-corrected chi connectivity index (χ1v) is 5.51. The van der Waals surface area contributed by atoms with Gasteiger partial charge in [-0.3, -0.25) is 0 Å². The van der Waals surface area contributed by atoms with Crippen LogP contribution in [0.25, 0.3) is 0 Å². The van der Waals surface area contributed by atoms with E-state index in [0.717, 1.165) is 29.7 Å². The van der Waals surface area contributed by atoms with Gasteiger partial charge in [-0.05, 0) is 32.6 Å². The van der Waals surface area contributed by atoms with Crippen LogP contribution < -0.4 is 11.1 Å². The summed E-state index contributed by atoms with van der Waals surface area (Å²) in [4.78, 5) is 8.48. The van der Waals surface area contributed by atoms with Crippen molar-refractivity contribution < 1.29 is 0 Å². The molecule has 3 N–H and O–H groups in total. The van der Waals surface area contributed by atoms with Gasteiger partial charge in [0.25, 0.3) is 0 Å². The molecule has 1 fully saturated rings. The zero-order chi connectivity index (χ0) is 10.8. The number of aryl methyl sites for hydroxylation is 1. The van der Waals surface area contributed by atoms with Gasteiger partial charge in [-0.15, -0.1) is 0 Å². The van der Waals surface area contributed by atoms with Gasteiger partial charge in [0, 0.05) is 12.1 Å². The van der Waals surface area contributed by atoms with Crippen molar-refractivity contribution in [3.05, 3.63) is 11.4 Å². The summed E-state index contributed by atoms with van der Waals surface area (Å²) >= 11 is 0. The lowest BCUT2D eigenvalue weighted by atomic mass is 9.85. The number of aromatic nitrogens is 2. The summed E-state index contributed by atoms with van der Waals surface area (Å²) in [6.07, 6.45) is 4.05. The van der Waals surface area contributed by atoms with E-state index in [2.05, 4.69) is 15.3 Å². The average molecular weight is 206 g/mol. The van der Waals surface area contributed by atoms with Crippen molar-refractivity contribution in [3.8, 4) is 0 Å². The number of rotatable bonds is 3. The Labute approximate surface area is 90.3 Å². The van der Waals surface area contributed by atoms with Crippen LogP contribution in [-0.2, 0) is 0 Å². The van der Waals surface area contributed by atoms with Gasteiger partial charge in [0.05, 0.1) is 0 Å². The van der Waals surface area contributed by atoms with Crippen LogP contribution >= 0.6 is 0 Å². The first-order valence-electron chi connectivity index (χ1n) is 5.51. The fourth-order valence-electron chi connectivity index (χ4n) is 1.76. The molecule has 4 nitrogen and oxygen atoms in total. The number of anilines is 2. The van der Waals surface area contributed by atoms with Crippen molar-refractivity contribution in [2.75, 3.05) is 17.6 Å². The Hall–Kier alpha value is -1.32. The Morgan fingerprint density at radius 1 is 1.33 bits per heavy atom. The van der Waals surface area contributed by atoms with Crippen LogP contribution in [0, 0.1) is 19.8 Å². The molecule has 1 aromatic heterocycles. The number of hydrogen-bond acceptors (Lipinski definition) is 4. The maximum Gasteiger partial charge on any atom is 0.134 e. The first kappa shape index (κ1) is 10.2. The van der Waals surface area contributed by atoms with Crippen LogP contribution in [0.5, 0.6) is 0 Å². The van der Waals surface area contributed by atoms with E-state index in [4.69, 9.17) is 5.73 Å². The third-order valence-corrected chi connectivity index (χ3v) is 3.08. The van der Waals surface area contributed by atoms with Crippen LogP contribution in [0.15, 0.2) is 0 Å². The summed E-state index contributed by atoms with van der Waals surface area (Å²) in [5.74, 6) is 3.03. The van der Waals surface area contributed by atoms with Crippen LogP contribution in [0.2, 0.25) is 0 Å². The maximum absolute atomic E-state index is 5.78. The molecule has 0 saturated heterocycles. The summed E-state index contributed by atoms with van der Waals surface area (Å²) < 4.78 is 0. The van der Waals surface area contributed by atoms with Crippen LogP contribution in [0.4, 0.5) is 11.6 Å². The lowest BCUT2D eigenvalue weighted by Gasteiger charge is -2.26. The number of hydrogen-bond donors (Lipinski definition) is 2. The van der Waals surface area contributed by atoms with Crippen molar-refractivity contribution >= 4 is 11.6 Å². The SMILES string of the molecule is Cc1nc(N)c(C)c(NCC2CCC2)n1. The summed E-state index contributed by atoms with van der Waals surface area (Å²) in [6.45, 7) is 4.83. The minimum absolute atomic E-state index is 0.582. The first-order chi connectivity index (χ1) is 7.16. The number of nitrogens with one attached hydrogen (secondary N) is 1. The Kier molecular flexibility index (Phi) is 2.75. The lowest BCUT2D eigenvalue weighted by Crippen LogP contribution is -2.22. The highest BCUT2D eigenvalue weighted by Gasteiger charge is 2.17. The molecule has 82 valence electrons. The molecule has 1 saturated carbocycles. The van der Waals surface area contributed by atoms with E-state index >= 15 is 0 Å². The second kappa shape index (κ2) is 4.04. The van der Waals surface area contributed by atoms with Crippen LogP contribution in [-0.4, -0.2) is 16.5 Å². The van der Waals surface area contributed by atoms with E-state index in [9.17, 15) is 0 Å². The van der Waals surface area contributed by atoms with Gasteiger partial charge >= 0.3 is 0 Å². The molecule has 15 heavy (non-hydrogen) atoms. The average Bonchev–Trinajstić information content (AvgIpc) is 2.10. The topological polar surface area (TPSA) is 63.8 Å². The number of nitrogen functional groups attached to an aromatic ring is 1. The molecule has 1 aromatic rings. The highest BCUT2D eigenvalue weighted by Crippen LogP contribution is 2.27. The molecule has 0 amide bonds. The molecule has 1 aliphatic rings. The molecule has 1 aliphatic carbocycles. The Morgan fingerprint density at radius 3 is 2.67 bits per heavy atom. The molecular weight excluding hydrogens is 188 g/mol. The molecule has 0 atom stereocenters. The van der Waals surface area contributed by atoms with E-state index in [1.54, 1.807) is 0 Å². The maximum atomic E-state index is 5.78. The van der Waals surface area contributed by atoms with Crippen molar-refractivity contribution in [3.63, 3.8) is 0 Å². The normalized spacial score (nSPS) is 16.1. The Morgan fingerprint density at radius 2 is 2.07 bits per heavy atom. The monoisotopic (exact) mass is 206 g/mol. The predicted molar refractivity (Wildman–Crippen MR) is 61.7 cm³/mol. The van der Waals surface area contributed by atoms with E-state index in [0.29, 0.717) is 5.82 Å². The van der Waals surface area contributed by atoms with Gasteiger partial charge in [-0.2, -0.15) is 0 Å². The number of nitrogens with two attached hydrogens (primary N) is 1. The molecule has 4 heteroatoms. The second-order valence-electron chi connectivity index (χ2n) is 4.31. The van der Waals surface area contributed by atoms with Crippen molar-refractivity contribution in [1.82, 2.24) is 9.97 Å². The molecule has 0 radical (unpaired) electrons. The van der Waals surface area contributed by atoms with Crippen LogP contribution in [0.1, 0.15) is 30.7 Å². The largest absolute Gasteiger partial charge is 0.383 e. The zero-order valence-electron chi connectivity index (χ0n) is 9.38. The molecular formula is C11H18N4. The van der Waals surface area contributed by atoms with Gasteiger partial charge in [0.1, 0.15) is 17.5 Å². The fourth-order valence-corrected chi connectivity index (χ4v) is 1.76. The zero-order valence-corrected chi connectivity index (χ0v) is 9.38. The van der Waals surface area contributed by atoms with Gasteiger partial charge in [-0.25, -0.2) is 9.97 Å². The van der Waals surface area contributed by atoms with Gasteiger partial charge in [0.15, 0.2) is 0 Å². The summed E-state index contributed by atoms with van der Waals surface area (Å²) in [5.41, 5.74) is 6.74. The van der Waals surface area contributed by atoms with Crippen molar-refractivity contribution in [1.29, 1.82) is 0 Å². The molecule has 0 bridgehead atoms. The minimum Gasteiger partial charge on any atom is -0.383 e. The van der Waals surface area contributed by atoms with Gasteiger partial charge in [0.2, 0.25) is 0 Å². The third kappa shape index (κ3) is 2.19. The lowest BCUT2D eigenvalue weighted by molar-refractivity contribution is 0.333. The predicted octanol–water partition coefficient (Wildman–Crippen LogP) is 1.89. The van der Waals surface area contributed by atoms with Crippen molar-refractivity contribution in [2.45, 2.75) is 33.1 Å². The minimum atomic E-state index is 0.582. The molecule has 0 aliphatic heterocycles. The summed E-state index contributed by atoms with van der Waals surface area (Å²) in [7, 11) is 0. The molecule has 0 unspecified atom stereocenters. The number of nitrogens with zero attached hydrogens (tertiary/aromatic N) is 2. The highest BCUT2D eigenvalue weighted by molar-refractivity contribution is 5.54. The molecule has 0 aromatic carbocycles. The van der Waals surface area contributed by atoms with Crippen molar-refractivity contribution in [2.24, 2.45) is 5.92 Å². The standard InChI is InChI=1S/C11H18N4/c1-7-10(12)14-8(2)15-11(7)13-6-9-4-3-5-9/h9H,3-6H2,1-2H3,(H3,12,13,14,15). The fraction of sp³-hybridized carbons (Fsp3) is 0.636. The van der Waals surface area contributed by atoms with Crippen LogP contribution in [0.3, 0.4) is 0 Å². The van der Waals surface area contributed by atoms with E-state index in [1.807, 2.05) is 13.8 Å². The molecule has 0 spiro atoms. The van der Waals surface area contributed by atoms with E-state index < -0.39 is 0 Å². The van der Waals surface area contributed by atoms with Gasteiger partial charge in [-0.1, -0.05) is 6.42 Å². The Bertz CT molecular complexity index is 358. The van der Waals surface area contributed by atoms with E-state index in [1.165, 1.54) is 19.3 Å². The Balaban J connectivity index is 2.05. The molecule has 2 rings (SSSR count). The highest BCUT2D eigenvalue weighted by atomic mass is 15.1. The second-order valence-corrected chi connectivity index (χ2v) is 4.31.